The molecule has 7 nitrogen and oxygen atoms in total. The Balaban J connectivity index is 2.91. The Morgan fingerprint density at radius 2 is 2.00 bits per heavy atom. The number of anilines is 1. The van der Waals surface area contributed by atoms with Crippen molar-refractivity contribution in [3.63, 3.8) is 0 Å². The molecule has 0 radical (unpaired) electrons. The van der Waals surface area contributed by atoms with Gasteiger partial charge in [0, 0.05) is 13.1 Å². The number of carbonyl (C=O) groups is 1. The van der Waals surface area contributed by atoms with E-state index in [2.05, 4.69) is 14.7 Å². The highest BCUT2D eigenvalue weighted by Gasteiger charge is 2.12. The van der Waals surface area contributed by atoms with Gasteiger partial charge in [0.25, 0.3) is 0 Å². The van der Waals surface area contributed by atoms with Gasteiger partial charge in [0.15, 0.2) is 5.69 Å². The van der Waals surface area contributed by atoms with Crippen LogP contribution < -0.4 is 4.90 Å². The number of hydrogen-bond acceptors (Lipinski definition) is 7. The molecule has 1 rings (SSSR count). The third-order valence-electron chi connectivity index (χ3n) is 2.08. The number of carbonyl (C=O) groups excluding carboxylic acids is 1. The third kappa shape index (κ3) is 3.65. The lowest BCUT2D eigenvalue weighted by Crippen LogP contribution is -2.31. The fraction of sp³-hybridized carbons (Fsp3) is 0.500. The number of nitrogens with zero attached hydrogens (tertiary/aromatic N) is 3. The van der Waals surface area contributed by atoms with E-state index >= 15 is 0 Å². The Hall–Kier alpha value is -1.73. The molecule has 0 aliphatic carbocycles. The summed E-state index contributed by atoms with van der Waals surface area (Å²) in [6.45, 7) is 0.452. The third-order valence-corrected chi connectivity index (χ3v) is 2.08. The van der Waals surface area contributed by atoms with Gasteiger partial charge in [0.1, 0.15) is 5.82 Å². The van der Waals surface area contributed by atoms with Crippen LogP contribution in [0, 0.1) is 0 Å². The number of ether oxygens (including phenoxy) is 1. The molecular formula is C10H15N3O4. The highest BCUT2D eigenvalue weighted by atomic mass is 16.5. The van der Waals surface area contributed by atoms with E-state index in [0.717, 1.165) is 0 Å². The number of methoxy groups -OCH3 is 1. The minimum Gasteiger partial charge on any atom is -0.464 e. The SMILES string of the molecule is COC(=O)c1cncc(N(CCO)CCO)n1. The van der Waals surface area contributed by atoms with Gasteiger partial charge in [-0.05, 0) is 0 Å². The van der Waals surface area contributed by atoms with Gasteiger partial charge in [-0.3, -0.25) is 4.98 Å². The van der Waals surface area contributed by atoms with Crippen molar-refractivity contribution < 1.29 is 19.7 Å². The molecule has 1 heterocycles. The van der Waals surface area contributed by atoms with Crippen LogP contribution in [0.2, 0.25) is 0 Å². The minimum absolute atomic E-state index is 0.0792. The zero-order valence-corrected chi connectivity index (χ0v) is 9.54. The van der Waals surface area contributed by atoms with Crippen molar-refractivity contribution in [2.45, 2.75) is 0 Å². The first-order valence-corrected chi connectivity index (χ1v) is 5.10. The summed E-state index contributed by atoms with van der Waals surface area (Å²) in [6.07, 6.45) is 2.75. The minimum atomic E-state index is -0.577. The first-order valence-electron chi connectivity index (χ1n) is 5.10. The average Bonchev–Trinajstić information content (AvgIpc) is 2.37. The summed E-state index contributed by atoms with van der Waals surface area (Å²) in [4.78, 5) is 20.8. The second kappa shape index (κ2) is 6.77. The Bertz CT molecular complexity index is 366. The van der Waals surface area contributed by atoms with Crippen molar-refractivity contribution >= 4 is 11.8 Å². The first-order chi connectivity index (χ1) is 8.22. The van der Waals surface area contributed by atoms with E-state index in [9.17, 15) is 4.79 Å². The molecule has 0 amide bonds. The average molecular weight is 241 g/mol. The van der Waals surface area contributed by atoms with E-state index < -0.39 is 5.97 Å². The second-order valence-corrected chi connectivity index (χ2v) is 3.19. The molecule has 0 saturated heterocycles. The number of rotatable bonds is 6. The lowest BCUT2D eigenvalue weighted by atomic mass is 10.4. The Labute approximate surface area is 98.7 Å². The maximum Gasteiger partial charge on any atom is 0.358 e. The zero-order valence-electron chi connectivity index (χ0n) is 9.54. The van der Waals surface area contributed by atoms with Crippen LogP contribution in [0.1, 0.15) is 10.5 Å². The smallest absolute Gasteiger partial charge is 0.358 e. The molecule has 1 aromatic heterocycles. The van der Waals surface area contributed by atoms with Crippen molar-refractivity contribution in [1.82, 2.24) is 9.97 Å². The molecule has 0 bridgehead atoms. The molecule has 7 heteroatoms. The summed E-state index contributed by atoms with van der Waals surface area (Å²) < 4.78 is 4.53. The van der Waals surface area contributed by atoms with Gasteiger partial charge in [-0.25, -0.2) is 9.78 Å². The molecule has 0 fully saturated rings. The quantitative estimate of drug-likeness (QED) is 0.620. The lowest BCUT2D eigenvalue weighted by Gasteiger charge is -2.21. The second-order valence-electron chi connectivity index (χ2n) is 3.19. The molecule has 0 aliphatic rings. The van der Waals surface area contributed by atoms with Gasteiger partial charge >= 0.3 is 5.97 Å². The fourth-order valence-corrected chi connectivity index (χ4v) is 1.29. The van der Waals surface area contributed by atoms with E-state index in [0.29, 0.717) is 18.9 Å². The summed E-state index contributed by atoms with van der Waals surface area (Å²) in [6, 6.07) is 0. The predicted octanol–water partition coefficient (Wildman–Crippen LogP) is -0.946. The standard InChI is InChI=1S/C10H15N3O4/c1-17-10(16)8-6-11-7-9(12-8)13(2-4-14)3-5-15/h6-7,14-15H,2-5H2,1H3. The van der Waals surface area contributed by atoms with Gasteiger partial charge in [0.2, 0.25) is 0 Å². The van der Waals surface area contributed by atoms with Crippen molar-refractivity contribution in [2.24, 2.45) is 0 Å². The highest BCUT2D eigenvalue weighted by molar-refractivity contribution is 5.87. The predicted molar refractivity (Wildman–Crippen MR) is 59.8 cm³/mol. The van der Waals surface area contributed by atoms with Gasteiger partial charge in [-0.2, -0.15) is 0 Å². The van der Waals surface area contributed by atoms with E-state index in [4.69, 9.17) is 10.2 Å². The van der Waals surface area contributed by atoms with Gasteiger partial charge < -0.3 is 19.8 Å². The molecule has 0 aliphatic heterocycles. The van der Waals surface area contributed by atoms with E-state index in [-0.39, 0.29) is 18.9 Å². The van der Waals surface area contributed by atoms with Crippen LogP contribution in [0.5, 0.6) is 0 Å². The van der Waals surface area contributed by atoms with Crippen LogP contribution in [0.25, 0.3) is 0 Å². The summed E-state index contributed by atoms with van der Waals surface area (Å²) in [5.41, 5.74) is 0.0888. The molecule has 1 aromatic rings. The Kier molecular flexibility index (Phi) is 5.31. The molecule has 17 heavy (non-hydrogen) atoms. The van der Waals surface area contributed by atoms with Crippen molar-refractivity contribution in [3.8, 4) is 0 Å². The first kappa shape index (κ1) is 13.3. The molecule has 0 atom stereocenters. The zero-order chi connectivity index (χ0) is 12.7. The summed E-state index contributed by atoms with van der Waals surface area (Å²) >= 11 is 0. The molecule has 2 N–H and O–H groups in total. The van der Waals surface area contributed by atoms with Crippen LogP contribution in [-0.4, -0.2) is 59.6 Å². The van der Waals surface area contributed by atoms with Crippen LogP contribution in [0.15, 0.2) is 12.4 Å². The maximum atomic E-state index is 11.3. The summed E-state index contributed by atoms with van der Waals surface area (Å²) in [7, 11) is 1.26. The van der Waals surface area contributed by atoms with Gasteiger partial charge in [-0.15, -0.1) is 0 Å². The molecule has 0 spiro atoms. The number of hydrogen-bond donors (Lipinski definition) is 2. The number of aliphatic hydroxyl groups excluding tert-OH is 2. The van der Waals surface area contributed by atoms with Crippen LogP contribution in [-0.2, 0) is 4.74 Å². The Morgan fingerprint density at radius 1 is 1.35 bits per heavy atom. The van der Waals surface area contributed by atoms with Gasteiger partial charge in [-0.1, -0.05) is 0 Å². The van der Waals surface area contributed by atoms with Crippen molar-refractivity contribution in [1.29, 1.82) is 0 Å². The van der Waals surface area contributed by atoms with Gasteiger partial charge in [0.05, 0.1) is 32.7 Å². The maximum absolute atomic E-state index is 11.3. The summed E-state index contributed by atoms with van der Waals surface area (Å²) in [5.74, 6) is -0.164. The number of esters is 1. The molecule has 0 aromatic carbocycles. The van der Waals surface area contributed by atoms with Crippen LogP contribution >= 0.6 is 0 Å². The molecule has 0 saturated carbocycles. The Morgan fingerprint density at radius 3 is 2.53 bits per heavy atom. The molecule has 94 valence electrons. The number of aliphatic hydroxyl groups is 2. The van der Waals surface area contributed by atoms with Crippen molar-refractivity contribution in [2.75, 3.05) is 38.3 Å². The fourth-order valence-electron chi connectivity index (χ4n) is 1.29. The van der Waals surface area contributed by atoms with Crippen LogP contribution in [0.3, 0.4) is 0 Å². The normalized spacial score (nSPS) is 10.1. The topological polar surface area (TPSA) is 95.8 Å². The lowest BCUT2D eigenvalue weighted by molar-refractivity contribution is 0.0593. The molecular weight excluding hydrogens is 226 g/mol. The van der Waals surface area contributed by atoms with E-state index in [1.807, 2.05) is 0 Å². The highest BCUT2D eigenvalue weighted by Crippen LogP contribution is 2.09. The number of aromatic nitrogens is 2. The van der Waals surface area contributed by atoms with E-state index in [1.54, 1.807) is 4.90 Å². The molecule has 0 unspecified atom stereocenters. The monoisotopic (exact) mass is 241 g/mol. The largest absolute Gasteiger partial charge is 0.464 e. The van der Waals surface area contributed by atoms with E-state index in [1.165, 1.54) is 19.5 Å². The van der Waals surface area contributed by atoms with Crippen LogP contribution in [0.4, 0.5) is 5.82 Å². The summed E-state index contributed by atoms with van der Waals surface area (Å²) in [5, 5.41) is 17.8. The van der Waals surface area contributed by atoms with Crippen molar-refractivity contribution in [3.05, 3.63) is 18.1 Å².